The summed E-state index contributed by atoms with van der Waals surface area (Å²) in [6.45, 7) is 0.173. The number of nitrogens with zero attached hydrogens (tertiary/aromatic N) is 3. The van der Waals surface area contributed by atoms with Gasteiger partial charge in [-0.3, -0.25) is 0 Å². The average molecular weight is 416 g/mol. The summed E-state index contributed by atoms with van der Waals surface area (Å²) in [6, 6.07) is 15.0. The van der Waals surface area contributed by atoms with Gasteiger partial charge >= 0.3 is 5.97 Å². The summed E-state index contributed by atoms with van der Waals surface area (Å²) in [5.41, 5.74) is 6.54. The van der Waals surface area contributed by atoms with Crippen LogP contribution in [0.5, 0.6) is 11.5 Å². The lowest BCUT2D eigenvalue weighted by atomic mass is 9.79. The maximum absolute atomic E-state index is 12.6. The Morgan fingerprint density at radius 1 is 1.06 bits per heavy atom. The predicted octanol–water partition coefficient (Wildman–Crippen LogP) is 3.76. The molecule has 0 bridgehead atoms. The van der Waals surface area contributed by atoms with E-state index < -0.39 is 5.97 Å². The fourth-order valence-corrected chi connectivity index (χ4v) is 4.20. The first kappa shape index (κ1) is 17.7. The fourth-order valence-electron chi connectivity index (χ4n) is 4.20. The van der Waals surface area contributed by atoms with E-state index in [9.17, 15) is 9.90 Å². The van der Waals surface area contributed by atoms with Gasteiger partial charge in [-0.05, 0) is 47.9 Å². The number of anilines is 1. The third kappa shape index (κ3) is 2.78. The molecule has 4 aliphatic rings. The molecule has 0 spiro atoms. The highest BCUT2D eigenvalue weighted by Gasteiger charge is 2.38. The zero-order valence-electron chi connectivity index (χ0n) is 16.1. The maximum atomic E-state index is 12.6. The standard InChI is InChI=1S/C22H16N4O5/c27-21-19-15(12-6-7-17-18(10-12)30-11-29-17)8-13(9-16(19)23-24-21)20-22(28)31-25-26(20)14-4-2-1-3-5-14/h1-7,9-10,15,25,27H,8,11H2/b20-13+. The number of carbonyl (C=O) groups excluding carboxylic acids is 1. The van der Waals surface area contributed by atoms with Crippen molar-refractivity contribution in [2.24, 2.45) is 10.2 Å². The molecule has 2 N–H and O–H groups in total. The van der Waals surface area contributed by atoms with Crippen LogP contribution < -0.4 is 20.1 Å². The number of ether oxygens (including phenoxy) is 2. The van der Waals surface area contributed by atoms with Crippen LogP contribution in [0.2, 0.25) is 0 Å². The van der Waals surface area contributed by atoms with Crippen LogP contribution in [-0.2, 0) is 9.63 Å². The number of hydrazine groups is 1. The predicted molar refractivity (Wildman–Crippen MR) is 108 cm³/mol. The number of hydrogen-bond donors (Lipinski definition) is 2. The minimum Gasteiger partial charge on any atom is -0.492 e. The molecule has 0 radical (unpaired) electrons. The number of para-hydroxylation sites is 1. The Morgan fingerprint density at radius 3 is 2.77 bits per heavy atom. The second-order valence-electron chi connectivity index (χ2n) is 7.36. The minimum absolute atomic E-state index is 0.120. The van der Waals surface area contributed by atoms with Crippen LogP contribution in [0.4, 0.5) is 5.69 Å². The summed E-state index contributed by atoms with van der Waals surface area (Å²) >= 11 is 0. The van der Waals surface area contributed by atoms with E-state index in [0.29, 0.717) is 40.5 Å². The maximum Gasteiger partial charge on any atom is 0.377 e. The van der Waals surface area contributed by atoms with Crippen molar-refractivity contribution in [3.8, 4) is 11.5 Å². The van der Waals surface area contributed by atoms with Crippen LogP contribution in [0.3, 0.4) is 0 Å². The summed E-state index contributed by atoms with van der Waals surface area (Å²) in [4.78, 5) is 17.8. The Morgan fingerprint density at radius 2 is 1.90 bits per heavy atom. The van der Waals surface area contributed by atoms with E-state index in [4.69, 9.17) is 14.3 Å². The lowest BCUT2D eigenvalue weighted by Gasteiger charge is -2.26. The van der Waals surface area contributed by atoms with Crippen molar-refractivity contribution in [3.05, 3.63) is 88.6 Å². The first-order chi connectivity index (χ1) is 15.2. The highest BCUT2D eigenvalue weighted by Crippen LogP contribution is 2.47. The Kier molecular flexibility index (Phi) is 3.84. The summed E-state index contributed by atoms with van der Waals surface area (Å²) < 4.78 is 10.9. The molecule has 9 nitrogen and oxygen atoms in total. The Balaban J connectivity index is 1.48. The summed E-state index contributed by atoms with van der Waals surface area (Å²) in [5.74, 6) is 0.420. The van der Waals surface area contributed by atoms with Gasteiger partial charge in [0, 0.05) is 5.92 Å². The van der Waals surface area contributed by atoms with E-state index in [1.54, 1.807) is 11.1 Å². The molecule has 154 valence electrons. The van der Waals surface area contributed by atoms with Crippen molar-refractivity contribution in [1.29, 1.82) is 0 Å². The Hall–Kier alpha value is -4.11. The van der Waals surface area contributed by atoms with Crippen LogP contribution in [0.15, 0.2) is 93.3 Å². The fraction of sp³-hybridized carbons (Fsp3) is 0.136. The second-order valence-corrected chi connectivity index (χ2v) is 7.36. The summed E-state index contributed by atoms with van der Waals surface area (Å²) in [7, 11) is 0. The monoisotopic (exact) mass is 416 g/mol. The Labute approximate surface area is 176 Å². The van der Waals surface area contributed by atoms with Crippen molar-refractivity contribution in [2.75, 3.05) is 11.8 Å². The average Bonchev–Trinajstić information content (AvgIpc) is 3.52. The number of aliphatic hydroxyl groups excluding tert-OH is 1. The molecule has 2 aromatic carbocycles. The number of hydrogen-bond acceptors (Lipinski definition) is 9. The van der Waals surface area contributed by atoms with Crippen molar-refractivity contribution in [3.63, 3.8) is 0 Å². The number of allylic oxidation sites excluding steroid dienone is 3. The summed E-state index contributed by atoms with van der Waals surface area (Å²) in [5, 5.41) is 19.9. The van der Waals surface area contributed by atoms with Crippen molar-refractivity contribution in [1.82, 2.24) is 5.59 Å². The molecular formula is C22H16N4O5. The zero-order chi connectivity index (χ0) is 20.9. The van der Waals surface area contributed by atoms with E-state index in [1.807, 2.05) is 48.5 Å². The normalized spacial score (nSPS) is 23.9. The number of nitrogens with one attached hydrogen (secondary N) is 1. The van der Waals surface area contributed by atoms with E-state index in [0.717, 1.165) is 11.3 Å². The van der Waals surface area contributed by atoms with Crippen molar-refractivity contribution in [2.45, 2.75) is 12.3 Å². The van der Waals surface area contributed by atoms with Gasteiger partial charge in [0.1, 0.15) is 0 Å². The highest BCUT2D eigenvalue weighted by molar-refractivity contribution is 5.96. The molecule has 2 aromatic rings. The van der Waals surface area contributed by atoms with Crippen molar-refractivity contribution >= 4 is 11.7 Å². The number of carbonyl (C=O) groups is 1. The van der Waals surface area contributed by atoms with Gasteiger partial charge in [-0.1, -0.05) is 29.9 Å². The molecule has 0 aromatic heterocycles. The van der Waals surface area contributed by atoms with Crippen LogP contribution in [-0.4, -0.2) is 17.9 Å². The molecule has 9 heteroatoms. The third-order valence-electron chi connectivity index (χ3n) is 5.62. The Bertz CT molecular complexity index is 1230. The molecule has 3 heterocycles. The number of azo groups is 1. The molecule has 1 fully saturated rings. The van der Waals surface area contributed by atoms with Gasteiger partial charge < -0.3 is 19.4 Å². The van der Waals surface area contributed by atoms with Crippen LogP contribution in [0.1, 0.15) is 17.9 Å². The van der Waals surface area contributed by atoms with Gasteiger partial charge in [-0.15, -0.1) is 10.2 Å². The van der Waals surface area contributed by atoms with E-state index in [-0.39, 0.29) is 18.6 Å². The molecule has 1 saturated heterocycles. The minimum atomic E-state index is -0.494. The first-order valence-corrected chi connectivity index (χ1v) is 9.70. The van der Waals surface area contributed by atoms with E-state index in [2.05, 4.69) is 15.8 Å². The molecule has 0 saturated carbocycles. The molecule has 1 aliphatic carbocycles. The molecule has 0 amide bonds. The smallest absolute Gasteiger partial charge is 0.377 e. The van der Waals surface area contributed by atoms with Gasteiger partial charge in [0.25, 0.3) is 0 Å². The number of aliphatic hydroxyl groups is 1. The molecule has 3 aliphatic heterocycles. The van der Waals surface area contributed by atoms with Crippen LogP contribution in [0.25, 0.3) is 0 Å². The van der Waals surface area contributed by atoms with Crippen LogP contribution in [0, 0.1) is 0 Å². The number of benzene rings is 2. The highest BCUT2D eigenvalue weighted by atomic mass is 16.7. The third-order valence-corrected chi connectivity index (χ3v) is 5.62. The topological polar surface area (TPSA) is 105 Å². The quantitative estimate of drug-likeness (QED) is 0.718. The van der Waals surface area contributed by atoms with Gasteiger partial charge in [-0.2, -0.15) is 0 Å². The van der Waals surface area contributed by atoms with Crippen molar-refractivity contribution < 1.29 is 24.2 Å². The largest absolute Gasteiger partial charge is 0.492 e. The van der Waals surface area contributed by atoms with Gasteiger partial charge in [0.2, 0.25) is 12.7 Å². The lowest BCUT2D eigenvalue weighted by molar-refractivity contribution is -0.140. The second kappa shape index (κ2) is 6.71. The first-order valence-electron chi connectivity index (χ1n) is 9.70. The number of rotatable bonds is 2. The molecule has 31 heavy (non-hydrogen) atoms. The van der Waals surface area contributed by atoms with Gasteiger partial charge in [0.05, 0.1) is 17.0 Å². The van der Waals surface area contributed by atoms with Gasteiger partial charge in [-0.25, -0.2) is 9.80 Å². The number of fused-ring (bicyclic) bond motifs is 2. The molecule has 6 rings (SSSR count). The lowest BCUT2D eigenvalue weighted by Crippen LogP contribution is -2.29. The SMILES string of the molecule is O=C1ONN(c2ccccc2)/C1=C1/C=C2N=NC(O)=C2C(c2ccc3c(c2)OCO3)C1. The van der Waals surface area contributed by atoms with Crippen LogP contribution >= 0.6 is 0 Å². The van der Waals surface area contributed by atoms with Gasteiger partial charge in [0.15, 0.2) is 17.2 Å². The van der Waals surface area contributed by atoms with E-state index >= 15 is 0 Å². The molecular weight excluding hydrogens is 400 g/mol. The van der Waals surface area contributed by atoms with E-state index in [1.165, 1.54) is 0 Å². The molecule has 1 atom stereocenters. The summed E-state index contributed by atoms with van der Waals surface area (Å²) in [6.07, 6.45) is 2.20. The molecule has 1 unspecified atom stereocenters. The zero-order valence-corrected chi connectivity index (χ0v) is 16.1.